The number of amides is 1. The molecule has 3 rings (SSSR count). The summed E-state index contributed by atoms with van der Waals surface area (Å²) in [7, 11) is 0. The zero-order valence-corrected chi connectivity index (χ0v) is 12.0. The zero-order valence-electron chi connectivity index (χ0n) is 12.0. The molecular formula is C15H12N4O4. The van der Waals surface area contributed by atoms with Gasteiger partial charge in [0.05, 0.1) is 16.8 Å². The number of anilines is 1. The van der Waals surface area contributed by atoms with Crippen molar-refractivity contribution < 1.29 is 19.9 Å². The minimum absolute atomic E-state index is 0.0286. The van der Waals surface area contributed by atoms with Gasteiger partial charge in [-0.3, -0.25) is 10.0 Å². The molecule has 8 nitrogen and oxygen atoms in total. The van der Waals surface area contributed by atoms with Crippen LogP contribution >= 0.6 is 0 Å². The number of aromatic nitrogens is 1. The molecule has 0 aromatic carbocycles. The molecule has 0 fully saturated rings. The third kappa shape index (κ3) is 2.62. The number of carboxylic acid groups (broad SMARTS) is 1. The van der Waals surface area contributed by atoms with Crippen molar-refractivity contribution >= 4 is 23.4 Å². The number of carboxylic acids is 1. The van der Waals surface area contributed by atoms with E-state index < -0.39 is 5.97 Å². The minimum atomic E-state index is -1.09. The van der Waals surface area contributed by atoms with E-state index in [1.54, 1.807) is 19.1 Å². The molecular weight excluding hydrogens is 300 g/mol. The molecule has 0 atom stereocenters. The fourth-order valence-electron chi connectivity index (χ4n) is 2.22. The van der Waals surface area contributed by atoms with Gasteiger partial charge < -0.3 is 5.11 Å². The van der Waals surface area contributed by atoms with Crippen LogP contribution in [0.5, 0.6) is 0 Å². The first kappa shape index (κ1) is 14.7. The molecule has 0 radical (unpaired) electrons. The van der Waals surface area contributed by atoms with Gasteiger partial charge in [0, 0.05) is 18.6 Å². The molecule has 2 aliphatic heterocycles. The van der Waals surface area contributed by atoms with Crippen LogP contribution in [0.1, 0.15) is 17.3 Å². The highest BCUT2D eigenvalue weighted by Crippen LogP contribution is 2.26. The molecule has 1 aromatic heterocycles. The molecule has 2 N–H and O–H groups in total. The number of hydrogen-bond donors (Lipinski definition) is 2. The monoisotopic (exact) mass is 312 g/mol. The average molecular weight is 312 g/mol. The average Bonchev–Trinajstić information content (AvgIpc) is 2.83. The van der Waals surface area contributed by atoms with E-state index in [1.807, 2.05) is 0 Å². The number of nitrogens with zero attached hydrogens (tertiary/aromatic N) is 4. The third-order valence-electron chi connectivity index (χ3n) is 3.33. The van der Waals surface area contributed by atoms with Crippen molar-refractivity contribution in [3.05, 3.63) is 59.6 Å². The summed E-state index contributed by atoms with van der Waals surface area (Å²) < 4.78 is 0. The van der Waals surface area contributed by atoms with E-state index in [0.29, 0.717) is 16.9 Å². The Labute approximate surface area is 130 Å². The number of hydrazone groups is 1. The van der Waals surface area contributed by atoms with Crippen LogP contribution in [0.2, 0.25) is 0 Å². The van der Waals surface area contributed by atoms with Crippen LogP contribution in [0, 0.1) is 0 Å². The van der Waals surface area contributed by atoms with E-state index in [2.05, 4.69) is 10.1 Å². The molecule has 0 spiro atoms. The van der Waals surface area contributed by atoms with Gasteiger partial charge in [-0.05, 0) is 36.8 Å². The van der Waals surface area contributed by atoms with E-state index in [0.717, 1.165) is 10.1 Å². The highest BCUT2D eigenvalue weighted by atomic mass is 16.5. The first-order chi connectivity index (χ1) is 11.0. The Morgan fingerprint density at radius 2 is 1.91 bits per heavy atom. The molecule has 0 bridgehead atoms. The number of allylic oxidation sites excluding steroid dienone is 3. The van der Waals surface area contributed by atoms with E-state index in [4.69, 9.17) is 5.11 Å². The summed E-state index contributed by atoms with van der Waals surface area (Å²) in [4.78, 5) is 27.4. The van der Waals surface area contributed by atoms with Crippen LogP contribution in [0.25, 0.3) is 0 Å². The van der Waals surface area contributed by atoms with Gasteiger partial charge in [0.2, 0.25) is 0 Å². The zero-order chi connectivity index (χ0) is 16.6. The van der Waals surface area contributed by atoms with Crippen molar-refractivity contribution in [2.45, 2.75) is 6.92 Å². The van der Waals surface area contributed by atoms with Gasteiger partial charge in [0.1, 0.15) is 0 Å². The largest absolute Gasteiger partial charge is 0.478 e. The van der Waals surface area contributed by atoms with Gasteiger partial charge in [-0.15, -0.1) is 0 Å². The Morgan fingerprint density at radius 1 is 1.22 bits per heavy atom. The Bertz CT molecular complexity index is 789. The van der Waals surface area contributed by atoms with Crippen LogP contribution in [-0.4, -0.2) is 37.9 Å². The lowest BCUT2D eigenvalue weighted by Gasteiger charge is -2.13. The van der Waals surface area contributed by atoms with Gasteiger partial charge in [-0.2, -0.15) is 10.1 Å². The van der Waals surface area contributed by atoms with E-state index in [1.165, 1.54) is 30.7 Å². The number of rotatable bonds is 2. The second kappa shape index (κ2) is 5.50. The van der Waals surface area contributed by atoms with Crippen molar-refractivity contribution in [2.24, 2.45) is 5.10 Å². The number of hydrogen-bond acceptors (Lipinski definition) is 6. The van der Waals surface area contributed by atoms with Crippen LogP contribution < -0.4 is 5.01 Å². The Hall–Kier alpha value is -3.26. The maximum Gasteiger partial charge on any atom is 0.337 e. The van der Waals surface area contributed by atoms with Crippen molar-refractivity contribution in [3.8, 4) is 0 Å². The molecule has 1 aromatic rings. The van der Waals surface area contributed by atoms with Crippen LogP contribution in [0.4, 0.5) is 5.82 Å². The molecule has 8 heteroatoms. The lowest BCUT2D eigenvalue weighted by atomic mass is 10.0. The number of pyridine rings is 1. The Morgan fingerprint density at radius 3 is 2.48 bits per heavy atom. The molecule has 0 saturated heterocycles. The third-order valence-corrected chi connectivity index (χ3v) is 3.33. The summed E-state index contributed by atoms with van der Waals surface area (Å²) in [5.74, 6) is -1.22. The summed E-state index contributed by atoms with van der Waals surface area (Å²) in [5.41, 5.74) is 1.55. The quantitative estimate of drug-likeness (QED) is 0.802. The lowest BCUT2D eigenvalue weighted by Crippen LogP contribution is -2.23. The lowest BCUT2D eigenvalue weighted by molar-refractivity contribution is -0.114. The maximum absolute atomic E-state index is 12.6. The highest BCUT2D eigenvalue weighted by molar-refractivity contribution is 6.30. The molecule has 23 heavy (non-hydrogen) atoms. The highest BCUT2D eigenvalue weighted by Gasteiger charge is 2.31. The SMILES string of the molecule is CC1=NN(c2ccc(C(=O)O)cn2)C(=O)C1=C1C=CN(O)C=C1. The van der Waals surface area contributed by atoms with Gasteiger partial charge in [0.25, 0.3) is 5.91 Å². The number of carbonyl (C=O) groups excluding carboxylic acids is 1. The first-order valence-electron chi connectivity index (χ1n) is 6.64. The summed E-state index contributed by atoms with van der Waals surface area (Å²) >= 11 is 0. The predicted octanol–water partition coefficient (Wildman–Crippen LogP) is 1.53. The van der Waals surface area contributed by atoms with E-state index >= 15 is 0 Å². The Kier molecular flexibility index (Phi) is 3.51. The van der Waals surface area contributed by atoms with Crippen molar-refractivity contribution in [1.29, 1.82) is 0 Å². The van der Waals surface area contributed by atoms with Crippen LogP contribution in [0.3, 0.4) is 0 Å². The first-order valence-corrected chi connectivity index (χ1v) is 6.64. The van der Waals surface area contributed by atoms with Crippen molar-refractivity contribution in [3.63, 3.8) is 0 Å². The summed E-state index contributed by atoms with van der Waals surface area (Å²) in [6.45, 7) is 1.69. The smallest absolute Gasteiger partial charge is 0.337 e. The molecule has 0 saturated carbocycles. The van der Waals surface area contributed by atoms with E-state index in [-0.39, 0.29) is 17.3 Å². The fraction of sp³-hybridized carbons (Fsp3) is 0.0667. The minimum Gasteiger partial charge on any atom is -0.478 e. The van der Waals surface area contributed by atoms with Gasteiger partial charge in [0.15, 0.2) is 5.82 Å². The predicted molar refractivity (Wildman–Crippen MR) is 80.7 cm³/mol. The Balaban J connectivity index is 1.94. The molecule has 1 amide bonds. The number of aromatic carboxylic acids is 1. The van der Waals surface area contributed by atoms with E-state index in [9.17, 15) is 14.8 Å². The van der Waals surface area contributed by atoms with Gasteiger partial charge in [-0.1, -0.05) is 0 Å². The summed E-state index contributed by atoms with van der Waals surface area (Å²) in [6, 6.07) is 2.78. The molecule has 116 valence electrons. The molecule has 3 heterocycles. The molecule has 2 aliphatic rings. The maximum atomic E-state index is 12.6. The summed E-state index contributed by atoms with van der Waals surface area (Å²) in [5, 5.41) is 24.3. The van der Waals surface area contributed by atoms with Crippen LogP contribution in [0.15, 0.2) is 59.1 Å². The van der Waals surface area contributed by atoms with Gasteiger partial charge in [-0.25, -0.2) is 14.8 Å². The van der Waals surface area contributed by atoms with Crippen molar-refractivity contribution in [1.82, 2.24) is 10.0 Å². The normalized spacial score (nSPS) is 17.1. The molecule has 0 unspecified atom stereocenters. The van der Waals surface area contributed by atoms with Gasteiger partial charge >= 0.3 is 5.97 Å². The van der Waals surface area contributed by atoms with Crippen LogP contribution in [-0.2, 0) is 4.79 Å². The van der Waals surface area contributed by atoms with Crippen molar-refractivity contribution in [2.75, 3.05) is 5.01 Å². The standard InChI is InChI=1S/C15H12N4O4/c1-9-13(10-4-6-18(23)7-5-10)14(20)19(17-9)12-3-2-11(8-16-12)15(21)22/h2-8,23H,1H3,(H,21,22). The summed E-state index contributed by atoms with van der Waals surface area (Å²) in [6.07, 6.45) is 7.18. The second-order valence-corrected chi connectivity index (χ2v) is 4.85. The number of hydroxylamine groups is 2. The number of carbonyl (C=O) groups is 2. The fourth-order valence-corrected chi connectivity index (χ4v) is 2.22. The molecule has 0 aliphatic carbocycles. The second-order valence-electron chi connectivity index (χ2n) is 4.85. The topological polar surface area (TPSA) is 106 Å².